The third-order valence-electron chi connectivity index (χ3n) is 3.81. The van der Waals surface area contributed by atoms with E-state index in [0.717, 1.165) is 25.9 Å². The average molecular weight is 260 g/mol. The molecule has 0 aromatic carbocycles. The molecule has 2 rings (SSSR count). The fourth-order valence-corrected chi connectivity index (χ4v) is 4.87. The van der Waals surface area contributed by atoms with Gasteiger partial charge in [-0.25, -0.2) is 8.42 Å². The maximum absolute atomic E-state index is 11.6. The number of rotatable bonds is 1. The molecule has 0 aromatic heterocycles. The van der Waals surface area contributed by atoms with Crippen molar-refractivity contribution in [2.75, 3.05) is 24.6 Å². The molecule has 4 nitrogen and oxygen atoms in total. The minimum absolute atomic E-state index is 0.0717. The van der Waals surface area contributed by atoms with Gasteiger partial charge in [0.05, 0.1) is 11.5 Å². The van der Waals surface area contributed by atoms with E-state index in [1.54, 1.807) is 0 Å². The van der Waals surface area contributed by atoms with Crippen molar-refractivity contribution in [3.8, 4) is 0 Å². The van der Waals surface area contributed by atoms with Crippen LogP contribution in [0.15, 0.2) is 0 Å². The number of sulfone groups is 1. The van der Waals surface area contributed by atoms with Crippen molar-refractivity contribution in [1.82, 2.24) is 10.2 Å². The lowest BCUT2D eigenvalue weighted by atomic mass is 10.0. The van der Waals surface area contributed by atoms with Gasteiger partial charge in [0.15, 0.2) is 9.84 Å². The number of nitrogens with one attached hydrogen (secondary N) is 1. The van der Waals surface area contributed by atoms with Crippen LogP contribution in [0.3, 0.4) is 0 Å². The molecule has 17 heavy (non-hydrogen) atoms. The summed E-state index contributed by atoms with van der Waals surface area (Å²) in [6.45, 7) is 8.56. The summed E-state index contributed by atoms with van der Waals surface area (Å²) in [5.74, 6) is 0.731. The molecular formula is C12H24N2O2S. The van der Waals surface area contributed by atoms with Gasteiger partial charge in [-0.15, -0.1) is 0 Å². The molecule has 0 bridgehead atoms. The Kier molecular flexibility index (Phi) is 3.54. The zero-order valence-corrected chi connectivity index (χ0v) is 11.9. The second-order valence-electron chi connectivity index (χ2n) is 6.25. The van der Waals surface area contributed by atoms with Crippen LogP contribution < -0.4 is 5.32 Å². The lowest BCUT2D eigenvalue weighted by Gasteiger charge is -2.33. The van der Waals surface area contributed by atoms with Crippen LogP contribution >= 0.6 is 0 Å². The van der Waals surface area contributed by atoms with Crippen molar-refractivity contribution in [3.05, 3.63) is 0 Å². The van der Waals surface area contributed by atoms with Gasteiger partial charge >= 0.3 is 0 Å². The normalized spacial score (nSPS) is 37.8. The Balaban J connectivity index is 2.06. The molecule has 2 saturated heterocycles. The molecule has 2 aliphatic heterocycles. The van der Waals surface area contributed by atoms with Crippen LogP contribution in [-0.4, -0.2) is 55.5 Å². The molecule has 100 valence electrons. The third-order valence-corrected chi connectivity index (χ3v) is 5.56. The molecule has 0 aromatic rings. The van der Waals surface area contributed by atoms with Crippen molar-refractivity contribution in [2.45, 2.75) is 51.2 Å². The molecule has 1 N–H and O–H groups in total. The van der Waals surface area contributed by atoms with E-state index in [1.165, 1.54) is 0 Å². The summed E-state index contributed by atoms with van der Waals surface area (Å²) < 4.78 is 23.1. The Morgan fingerprint density at radius 2 is 2.00 bits per heavy atom. The van der Waals surface area contributed by atoms with Gasteiger partial charge in [-0.3, -0.25) is 4.90 Å². The van der Waals surface area contributed by atoms with E-state index in [2.05, 4.69) is 31.0 Å². The topological polar surface area (TPSA) is 49.4 Å². The molecule has 0 amide bonds. The lowest BCUT2D eigenvalue weighted by Crippen LogP contribution is -2.50. The Morgan fingerprint density at radius 1 is 1.29 bits per heavy atom. The quantitative estimate of drug-likeness (QED) is 0.751. The molecule has 0 aliphatic carbocycles. The minimum Gasteiger partial charge on any atom is -0.308 e. The maximum atomic E-state index is 11.6. The molecule has 5 heteroatoms. The summed E-state index contributed by atoms with van der Waals surface area (Å²) in [5, 5.41) is 3.60. The van der Waals surface area contributed by atoms with Gasteiger partial charge in [0.1, 0.15) is 0 Å². The Labute approximate surface area is 105 Å². The number of hydrogen-bond donors (Lipinski definition) is 1. The van der Waals surface area contributed by atoms with Crippen LogP contribution in [-0.2, 0) is 9.84 Å². The van der Waals surface area contributed by atoms with Crippen LogP contribution in [0.4, 0.5) is 0 Å². The Bertz CT molecular complexity index is 378. The van der Waals surface area contributed by atoms with Gasteiger partial charge in [-0.2, -0.15) is 0 Å². The van der Waals surface area contributed by atoms with Crippen LogP contribution in [0.5, 0.6) is 0 Å². The first-order chi connectivity index (χ1) is 7.77. The van der Waals surface area contributed by atoms with Crippen LogP contribution in [0.25, 0.3) is 0 Å². The zero-order chi connectivity index (χ0) is 12.7. The minimum atomic E-state index is -2.77. The average Bonchev–Trinajstić information content (AvgIpc) is 2.45. The summed E-state index contributed by atoms with van der Waals surface area (Å²) in [6, 6.07) is 0.749. The van der Waals surface area contributed by atoms with E-state index < -0.39 is 9.84 Å². The molecule has 2 atom stereocenters. The van der Waals surface area contributed by atoms with Crippen LogP contribution in [0.1, 0.15) is 33.6 Å². The van der Waals surface area contributed by atoms with Gasteiger partial charge < -0.3 is 5.32 Å². The van der Waals surface area contributed by atoms with Gasteiger partial charge in [-0.05, 0) is 33.6 Å². The number of nitrogens with zero attached hydrogens (tertiary/aromatic N) is 1. The standard InChI is InChI=1S/C12H24N2O2S/c1-10-4-6-14(9-12(2,3)13-10)11-5-7-17(15,16)8-11/h10-11,13H,4-9H2,1-3H3. The summed E-state index contributed by atoms with van der Waals surface area (Å²) in [5.41, 5.74) is 0.0717. The van der Waals surface area contributed by atoms with Crippen molar-refractivity contribution in [2.24, 2.45) is 0 Å². The molecular weight excluding hydrogens is 236 g/mol. The van der Waals surface area contributed by atoms with Gasteiger partial charge in [0.25, 0.3) is 0 Å². The Hall–Kier alpha value is -0.130. The van der Waals surface area contributed by atoms with Crippen LogP contribution in [0.2, 0.25) is 0 Å². The van der Waals surface area contributed by atoms with E-state index in [-0.39, 0.29) is 11.6 Å². The van der Waals surface area contributed by atoms with E-state index in [0.29, 0.717) is 17.5 Å². The summed E-state index contributed by atoms with van der Waals surface area (Å²) in [4.78, 5) is 2.38. The molecule has 0 saturated carbocycles. The van der Waals surface area contributed by atoms with Gasteiger partial charge in [0.2, 0.25) is 0 Å². The molecule has 2 aliphatic rings. The summed E-state index contributed by atoms with van der Waals surface area (Å²) in [7, 11) is -2.77. The molecule has 2 fully saturated rings. The molecule has 2 heterocycles. The molecule has 0 radical (unpaired) electrons. The maximum Gasteiger partial charge on any atom is 0.151 e. The second-order valence-corrected chi connectivity index (χ2v) is 8.47. The van der Waals surface area contributed by atoms with Crippen molar-refractivity contribution >= 4 is 9.84 Å². The van der Waals surface area contributed by atoms with Crippen molar-refractivity contribution in [1.29, 1.82) is 0 Å². The Morgan fingerprint density at radius 3 is 2.59 bits per heavy atom. The number of hydrogen-bond acceptors (Lipinski definition) is 4. The van der Waals surface area contributed by atoms with Gasteiger partial charge in [0, 0.05) is 30.7 Å². The fraction of sp³-hybridized carbons (Fsp3) is 1.00. The van der Waals surface area contributed by atoms with E-state index in [4.69, 9.17) is 0 Å². The van der Waals surface area contributed by atoms with E-state index in [9.17, 15) is 8.42 Å². The van der Waals surface area contributed by atoms with E-state index >= 15 is 0 Å². The monoisotopic (exact) mass is 260 g/mol. The predicted octanol–water partition coefficient (Wildman–Crippen LogP) is 0.636. The highest BCUT2D eigenvalue weighted by Crippen LogP contribution is 2.22. The highest BCUT2D eigenvalue weighted by Gasteiger charge is 2.36. The smallest absolute Gasteiger partial charge is 0.151 e. The lowest BCUT2D eigenvalue weighted by molar-refractivity contribution is 0.182. The predicted molar refractivity (Wildman–Crippen MR) is 69.9 cm³/mol. The van der Waals surface area contributed by atoms with Crippen molar-refractivity contribution < 1.29 is 8.42 Å². The summed E-state index contributed by atoms with van der Waals surface area (Å²) >= 11 is 0. The first-order valence-corrected chi connectivity index (χ1v) is 8.32. The highest BCUT2D eigenvalue weighted by atomic mass is 32.2. The zero-order valence-electron chi connectivity index (χ0n) is 11.1. The third kappa shape index (κ3) is 3.42. The largest absolute Gasteiger partial charge is 0.308 e. The molecule has 0 spiro atoms. The van der Waals surface area contributed by atoms with Gasteiger partial charge in [-0.1, -0.05) is 0 Å². The SMILES string of the molecule is CC1CCN(C2CCS(=O)(=O)C2)CC(C)(C)N1. The van der Waals surface area contributed by atoms with Crippen LogP contribution in [0, 0.1) is 0 Å². The first-order valence-electron chi connectivity index (χ1n) is 6.50. The van der Waals surface area contributed by atoms with E-state index in [1.807, 2.05) is 0 Å². The second kappa shape index (κ2) is 4.52. The first kappa shape index (κ1) is 13.3. The van der Waals surface area contributed by atoms with Crippen molar-refractivity contribution in [3.63, 3.8) is 0 Å². The summed E-state index contributed by atoms with van der Waals surface area (Å²) in [6.07, 6.45) is 1.91. The highest BCUT2D eigenvalue weighted by molar-refractivity contribution is 7.91. The molecule has 2 unspecified atom stereocenters. The fourth-order valence-electron chi connectivity index (χ4n) is 3.11.